The van der Waals surface area contributed by atoms with Crippen molar-refractivity contribution in [2.45, 2.75) is 87.8 Å². The van der Waals surface area contributed by atoms with Gasteiger partial charge >= 0.3 is 12.0 Å². The van der Waals surface area contributed by atoms with Gasteiger partial charge in [0.1, 0.15) is 12.1 Å². The van der Waals surface area contributed by atoms with Gasteiger partial charge in [0, 0.05) is 83.8 Å². The second kappa shape index (κ2) is 14.1. The van der Waals surface area contributed by atoms with Crippen LogP contribution in [0.15, 0.2) is 72.2 Å². The molecule has 7 heterocycles. The summed E-state index contributed by atoms with van der Waals surface area (Å²) in [5, 5.41) is 8.01. The molecule has 3 amide bonds. The van der Waals surface area contributed by atoms with E-state index in [0.717, 1.165) is 68.2 Å². The SMILES string of the molecule is CCn1c2c3c4cc(ccc41)-c1csc(n1)CC1([Si]C1NC(=O)N1CC[C@H]1c1ccccc1)C(=O)N1CCC[C@H](N1)C(=O)OCC(C)(C)C3[C@H](OC)c1ncccc1-2. The highest BCUT2D eigenvalue weighted by Crippen LogP contribution is 2.57. The van der Waals surface area contributed by atoms with Crippen LogP contribution >= 0.6 is 11.3 Å². The van der Waals surface area contributed by atoms with Crippen LogP contribution < -0.4 is 10.7 Å². The van der Waals surface area contributed by atoms with Gasteiger partial charge in [-0.2, -0.15) is 0 Å². The number of carbonyl (C=O) groups excluding carboxylic acids is 3. The average Bonchev–Trinajstić information content (AvgIpc) is 3.53. The minimum Gasteiger partial charge on any atom is -0.464 e. The number of aromatic nitrogens is 3. The van der Waals surface area contributed by atoms with Gasteiger partial charge in [-0.25, -0.2) is 15.2 Å². The Balaban J connectivity index is 1.05. The summed E-state index contributed by atoms with van der Waals surface area (Å²) < 4.78 is 15.0. The fourth-order valence-corrected chi connectivity index (χ4v) is 12.4. The largest absolute Gasteiger partial charge is 0.464 e. The second-order valence-electron chi connectivity index (χ2n) is 16.9. The van der Waals surface area contributed by atoms with Gasteiger partial charge in [-0.3, -0.25) is 19.6 Å². The lowest BCUT2D eigenvalue weighted by Crippen LogP contribution is -2.57. The molecule has 5 aliphatic rings. The molecule has 3 saturated heterocycles. The molecule has 3 aromatic heterocycles. The number of hydrogen-bond acceptors (Lipinski definition) is 9. The maximum absolute atomic E-state index is 14.8. The first-order chi connectivity index (χ1) is 28.1. The third kappa shape index (κ3) is 5.93. The number of cyclic esters (lactones) is 1. The van der Waals surface area contributed by atoms with E-state index in [2.05, 4.69) is 77.9 Å². The number of amides is 3. The number of methoxy groups -OCH3 is 1. The molecular formula is C44H47N7O5SSi. The molecule has 58 heavy (non-hydrogen) atoms. The van der Waals surface area contributed by atoms with E-state index in [9.17, 15) is 14.4 Å². The summed E-state index contributed by atoms with van der Waals surface area (Å²) in [5.41, 5.74) is 10.6. The fourth-order valence-electron chi connectivity index (χ4n) is 9.88. The quantitative estimate of drug-likeness (QED) is 0.153. The van der Waals surface area contributed by atoms with Gasteiger partial charge in [-0.1, -0.05) is 50.2 Å². The lowest BCUT2D eigenvalue weighted by molar-refractivity contribution is -0.156. The van der Waals surface area contributed by atoms with Crippen molar-refractivity contribution in [3.63, 3.8) is 0 Å². The number of fused-ring (bicyclic) bond motifs is 8. The number of rotatable bonds is 4. The molecule has 3 unspecified atom stereocenters. The standard InChI is InChI=1S/C44H47N7O5SSi/c1-5-49-32-16-15-26-21-28(32)34-35(38(55-4)36-27(37(34)49)13-9-18-45-36)43(2,3)24-56-39(52)29-14-10-19-51(48-29)41(53)44(22-33-46-30(26)23-57-33)40(58-44)47-42(54)50-20-17-31(50)25-11-7-6-8-12-25/h6-9,11-13,15-16,18,21,23,29,31,35,38,40,48H,5,10,14,17,19-20,22,24H2,1-4H3,(H,47,54)/t29-,31-,35?,38-,40?,44?/m0/s1. The van der Waals surface area contributed by atoms with E-state index in [0.29, 0.717) is 32.4 Å². The molecule has 0 saturated carbocycles. The number of aryl methyl sites for hydroxylation is 1. The van der Waals surface area contributed by atoms with Crippen molar-refractivity contribution >= 4 is 49.7 Å². The molecule has 12 nitrogen and oxygen atoms in total. The molecule has 4 aliphatic heterocycles. The van der Waals surface area contributed by atoms with Crippen LogP contribution in [0.2, 0.25) is 5.04 Å². The van der Waals surface area contributed by atoms with E-state index < -0.39 is 16.5 Å². The van der Waals surface area contributed by atoms with Gasteiger partial charge in [0.15, 0.2) is 0 Å². The number of thiazole rings is 1. The smallest absolute Gasteiger partial charge is 0.324 e. The van der Waals surface area contributed by atoms with E-state index in [1.807, 2.05) is 35.4 Å². The van der Waals surface area contributed by atoms with Crippen molar-refractivity contribution in [2.24, 2.45) is 5.41 Å². The van der Waals surface area contributed by atoms with Gasteiger partial charge in [-0.05, 0) is 61.6 Å². The number of urea groups is 1. The molecule has 298 valence electrons. The molecule has 2 aromatic carbocycles. The maximum Gasteiger partial charge on any atom is 0.324 e. The Bertz CT molecular complexity index is 2450. The molecule has 3 fully saturated rings. The number of hydrogen-bond donors (Lipinski definition) is 2. The molecule has 10 rings (SSSR count). The van der Waals surface area contributed by atoms with E-state index in [1.54, 1.807) is 23.5 Å². The Morgan fingerprint density at radius 1 is 1.10 bits per heavy atom. The van der Waals surface area contributed by atoms with E-state index in [4.69, 9.17) is 19.4 Å². The van der Waals surface area contributed by atoms with Crippen molar-refractivity contribution in [2.75, 3.05) is 26.8 Å². The summed E-state index contributed by atoms with van der Waals surface area (Å²) >= 11 is 1.55. The molecule has 1 aliphatic carbocycles. The average molecular weight is 814 g/mol. The van der Waals surface area contributed by atoms with E-state index in [1.165, 1.54) is 0 Å². The van der Waals surface area contributed by atoms with E-state index >= 15 is 0 Å². The van der Waals surface area contributed by atoms with Gasteiger partial charge in [0.25, 0.3) is 0 Å². The van der Waals surface area contributed by atoms with Gasteiger partial charge < -0.3 is 24.3 Å². The third-order valence-corrected chi connectivity index (χ3v) is 15.7. The topological polar surface area (TPSA) is 131 Å². The minimum absolute atomic E-state index is 0.0153. The van der Waals surface area contributed by atoms with Crippen LogP contribution in [0.4, 0.5) is 4.79 Å². The summed E-state index contributed by atoms with van der Waals surface area (Å²) in [6, 6.07) is 19.9. The number of hydrazine groups is 1. The number of ether oxygens (including phenoxy) is 2. The summed E-state index contributed by atoms with van der Waals surface area (Å²) in [6.07, 6.45) is 3.90. The normalized spacial score (nSPS) is 27.4. The summed E-state index contributed by atoms with van der Waals surface area (Å²) in [6.45, 7) is 8.45. The Labute approximate surface area is 344 Å². The Morgan fingerprint density at radius 3 is 2.72 bits per heavy atom. The summed E-state index contributed by atoms with van der Waals surface area (Å²) in [7, 11) is 1.90. The molecule has 14 heteroatoms. The van der Waals surface area contributed by atoms with E-state index in [-0.39, 0.29) is 57.8 Å². The lowest BCUT2D eigenvalue weighted by atomic mass is 9.67. The zero-order valence-corrected chi connectivity index (χ0v) is 35.0. The van der Waals surface area contributed by atoms with Crippen molar-refractivity contribution < 1.29 is 23.9 Å². The molecule has 1 spiro atoms. The van der Waals surface area contributed by atoms with Crippen LogP contribution in [0.3, 0.4) is 0 Å². The Hall–Kier alpha value is -4.89. The first-order valence-corrected chi connectivity index (χ1v) is 22.3. The predicted octanol–water partition coefficient (Wildman–Crippen LogP) is 6.61. The number of benzene rings is 2. The van der Waals surface area contributed by atoms with Gasteiger partial charge in [-0.15, -0.1) is 11.3 Å². The summed E-state index contributed by atoms with van der Waals surface area (Å²) in [5.74, 6) is -0.719. The second-order valence-corrected chi connectivity index (χ2v) is 19.6. The fraction of sp³-hybridized carbons (Fsp3) is 0.432. The van der Waals surface area contributed by atoms with Crippen LogP contribution in [-0.4, -0.2) is 90.4 Å². The third-order valence-electron chi connectivity index (χ3n) is 13.0. The van der Waals surface area contributed by atoms with Crippen molar-refractivity contribution in [1.29, 1.82) is 0 Å². The number of nitrogens with zero attached hydrogens (tertiary/aromatic N) is 5. The zero-order valence-electron chi connectivity index (χ0n) is 33.2. The van der Waals surface area contributed by atoms with Crippen LogP contribution in [0, 0.1) is 5.41 Å². The minimum atomic E-state index is -0.880. The Morgan fingerprint density at radius 2 is 1.95 bits per heavy atom. The molecule has 6 bridgehead atoms. The summed E-state index contributed by atoms with van der Waals surface area (Å²) in [4.78, 5) is 54.5. The molecule has 6 atom stereocenters. The number of pyridine rings is 1. The van der Waals surface area contributed by atoms with Gasteiger partial charge in [0.2, 0.25) is 5.91 Å². The highest BCUT2D eigenvalue weighted by Gasteiger charge is 2.64. The molecule has 5 aromatic rings. The monoisotopic (exact) mass is 813 g/mol. The van der Waals surface area contributed by atoms with Crippen LogP contribution in [0.25, 0.3) is 33.4 Å². The predicted molar refractivity (Wildman–Crippen MR) is 222 cm³/mol. The molecule has 2 radical (unpaired) electrons. The number of carbonyl (C=O) groups is 3. The first kappa shape index (κ1) is 37.4. The van der Waals surface area contributed by atoms with Crippen molar-refractivity contribution in [1.82, 2.24) is 35.2 Å². The van der Waals surface area contributed by atoms with Crippen LogP contribution in [0.1, 0.15) is 79.9 Å². The number of likely N-dealkylation sites (tertiary alicyclic amines) is 1. The molecular weight excluding hydrogens is 767 g/mol. The van der Waals surface area contributed by atoms with Crippen molar-refractivity contribution in [3.05, 3.63) is 94.1 Å². The first-order valence-electron chi connectivity index (χ1n) is 20.4. The highest BCUT2D eigenvalue weighted by molar-refractivity contribution is 7.10. The van der Waals surface area contributed by atoms with Crippen LogP contribution in [0.5, 0.6) is 0 Å². The van der Waals surface area contributed by atoms with Crippen molar-refractivity contribution in [3.8, 4) is 22.5 Å². The van der Waals surface area contributed by atoms with Crippen LogP contribution in [-0.2, 0) is 32.0 Å². The lowest BCUT2D eigenvalue weighted by Gasteiger charge is -2.42. The molecule has 2 N–H and O–H groups in total. The number of esters is 1. The highest BCUT2D eigenvalue weighted by atomic mass is 32.1. The van der Waals surface area contributed by atoms with Gasteiger partial charge in [0.05, 0.1) is 49.3 Å². The zero-order chi connectivity index (χ0) is 39.9. The maximum atomic E-state index is 14.8. The number of nitrogens with one attached hydrogen (secondary N) is 2. The Kier molecular flexibility index (Phi) is 9.11.